The average Bonchev–Trinajstić information content (AvgIpc) is 3.61. The fourth-order valence-corrected chi connectivity index (χ4v) is 7.28. The van der Waals surface area contributed by atoms with E-state index in [0.29, 0.717) is 69.4 Å². The Morgan fingerprint density at radius 3 is 2.56 bits per heavy atom. The Bertz CT molecular complexity index is 1430. The van der Waals surface area contributed by atoms with E-state index in [-0.39, 0.29) is 28.1 Å². The number of hydrogen-bond donors (Lipinski definition) is 1. The molecule has 1 aromatic carbocycles. The molecule has 2 aliphatic heterocycles. The first kappa shape index (κ1) is 31.4. The molecule has 12 nitrogen and oxygen atoms in total. The predicted octanol–water partition coefficient (Wildman–Crippen LogP) is 3.67. The highest BCUT2D eigenvalue weighted by Gasteiger charge is 2.37. The number of ether oxygens (including phenoxy) is 2. The van der Waals surface area contributed by atoms with Crippen molar-refractivity contribution >= 4 is 44.0 Å². The minimum Gasteiger partial charge on any atom is -0.444 e. The molecule has 1 N–H and O–H groups in total. The van der Waals surface area contributed by atoms with Crippen LogP contribution in [0, 0.1) is 0 Å². The van der Waals surface area contributed by atoms with Gasteiger partial charge in [0.25, 0.3) is 5.91 Å². The number of oxime groups is 1. The van der Waals surface area contributed by atoms with Crippen molar-refractivity contribution in [2.75, 3.05) is 44.7 Å². The van der Waals surface area contributed by atoms with Gasteiger partial charge in [-0.1, -0.05) is 17.3 Å². The molecule has 0 bridgehead atoms. The van der Waals surface area contributed by atoms with Crippen molar-refractivity contribution in [3.8, 4) is 0 Å². The van der Waals surface area contributed by atoms with Gasteiger partial charge in [0.1, 0.15) is 5.60 Å². The van der Waals surface area contributed by atoms with E-state index in [1.54, 1.807) is 23.2 Å². The third-order valence-electron chi connectivity index (χ3n) is 7.21. The summed E-state index contributed by atoms with van der Waals surface area (Å²) < 4.78 is 36.1. The maximum atomic E-state index is 13.4. The van der Waals surface area contributed by atoms with Crippen LogP contribution in [0.5, 0.6) is 0 Å². The van der Waals surface area contributed by atoms with E-state index in [9.17, 15) is 18.0 Å². The standard InChI is InChI=1S/C29H39N5O7S2/c1-29(2,3)40-28(36)34-13-4-12-33(14-15-34)18-22-17-30-27(42-22)31-26(35)25(32-41-21-11-16-39-19-21)20-5-7-23(8-6-20)43(37,38)24-9-10-24/h5-8,17,21,24H,4,9-16,18-19H2,1-3H3,(H,30,31,35)/t21-/m1/s1. The fourth-order valence-electron chi connectivity index (χ4n) is 4.77. The molecule has 3 fully saturated rings. The van der Waals surface area contributed by atoms with E-state index in [1.165, 1.54) is 23.5 Å². The zero-order valence-corrected chi connectivity index (χ0v) is 26.4. The summed E-state index contributed by atoms with van der Waals surface area (Å²) in [4.78, 5) is 41.1. The summed E-state index contributed by atoms with van der Waals surface area (Å²) in [6.45, 7) is 9.91. The lowest BCUT2D eigenvalue weighted by molar-refractivity contribution is -0.110. The number of rotatable bonds is 9. The highest BCUT2D eigenvalue weighted by atomic mass is 32.2. The zero-order valence-electron chi connectivity index (χ0n) is 24.8. The molecule has 1 atom stereocenters. The lowest BCUT2D eigenvalue weighted by Crippen LogP contribution is -2.39. The monoisotopic (exact) mass is 633 g/mol. The fraction of sp³-hybridized carbons (Fsp3) is 0.586. The smallest absolute Gasteiger partial charge is 0.410 e. The van der Waals surface area contributed by atoms with E-state index in [1.807, 2.05) is 20.8 Å². The van der Waals surface area contributed by atoms with Crippen LogP contribution in [0.25, 0.3) is 0 Å². The van der Waals surface area contributed by atoms with E-state index < -0.39 is 21.3 Å². The van der Waals surface area contributed by atoms with Gasteiger partial charge in [-0.3, -0.25) is 15.0 Å². The number of nitrogens with zero attached hydrogens (tertiary/aromatic N) is 4. The number of amides is 2. The van der Waals surface area contributed by atoms with Crippen LogP contribution in [0.1, 0.15) is 56.9 Å². The predicted molar refractivity (Wildman–Crippen MR) is 162 cm³/mol. The van der Waals surface area contributed by atoms with Gasteiger partial charge in [-0.05, 0) is 52.2 Å². The van der Waals surface area contributed by atoms with Gasteiger partial charge < -0.3 is 19.2 Å². The molecule has 2 aromatic rings. The van der Waals surface area contributed by atoms with Gasteiger partial charge in [0.05, 0.1) is 23.4 Å². The Labute approximate surface area is 256 Å². The topological polar surface area (TPSA) is 140 Å². The van der Waals surface area contributed by atoms with Gasteiger partial charge >= 0.3 is 6.09 Å². The maximum Gasteiger partial charge on any atom is 0.410 e. The van der Waals surface area contributed by atoms with Gasteiger partial charge in [0.15, 0.2) is 26.8 Å². The number of anilines is 1. The van der Waals surface area contributed by atoms with Crippen molar-refractivity contribution in [2.24, 2.45) is 5.16 Å². The van der Waals surface area contributed by atoms with Crippen molar-refractivity contribution in [3.05, 3.63) is 40.9 Å². The van der Waals surface area contributed by atoms with E-state index in [2.05, 4.69) is 20.4 Å². The molecule has 0 radical (unpaired) electrons. The maximum absolute atomic E-state index is 13.4. The van der Waals surface area contributed by atoms with Crippen LogP contribution in [-0.2, 0) is 35.5 Å². The number of thiazole rings is 1. The molecule has 1 aromatic heterocycles. The van der Waals surface area contributed by atoms with E-state index in [0.717, 1.165) is 17.8 Å². The SMILES string of the molecule is CC(C)(C)OC(=O)N1CCCN(Cc2cnc(NC(=O)C(=NO[C@@H]3CCOC3)c3ccc(S(=O)(=O)C4CC4)cc3)s2)CC1. The number of benzene rings is 1. The van der Waals surface area contributed by atoms with Gasteiger partial charge in [-0.25, -0.2) is 18.2 Å². The second-order valence-electron chi connectivity index (χ2n) is 12.0. The number of sulfone groups is 1. The lowest BCUT2D eigenvalue weighted by Gasteiger charge is -2.26. The molecule has 14 heteroatoms. The number of carbonyl (C=O) groups excluding carboxylic acids is 2. The molecule has 0 spiro atoms. The van der Waals surface area contributed by atoms with Crippen LogP contribution >= 0.6 is 11.3 Å². The minimum atomic E-state index is -3.36. The van der Waals surface area contributed by atoms with Gasteiger partial charge in [0, 0.05) is 55.8 Å². The summed E-state index contributed by atoms with van der Waals surface area (Å²) in [6, 6.07) is 6.18. The highest BCUT2D eigenvalue weighted by molar-refractivity contribution is 7.92. The lowest BCUT2D eigenvalue weighted by atomic mass is 10.1. The average molecular weight is 634 g/mol. The van der Waals surface area contributed by atoms with E-state index in [4.69, 9.17) is 14.3 Å². The minimum absolute atomic E-state index is 0.0220. The highest BCUT2D eigenvalue weighted by Crippen LogP contribution is 2.33. The molecule has 1 aliphatic carbocycles. The normalized spacial score (nSPS) is 20.5. The van der Waals surface area contributed by atoms with Crippen molar-refractivity contribution < 1.29 is 32.3 Å². The summed E-state index contributed by atoms with van der Waals surface area (Å²) in [7, 11) is -3.36. The zero-order chi connectivity index (χ0) is 30.6. The van der Waals surface area contributed by atoms with Crippen LogP contribution in [0.3, 0.4) is 0 Å². The Morgan fingerprint density at radius 1 is 1.12 bits per heavy atom. The molecule has 0 unspecified atom stereocenters. The second-order valence-corrected chi connectivity index (χ2v) is 15.3. The first-order chi connectivity index (χ1) is 20.5. The molecule has 2 amide bonds. The first-order valence-electron chi connectivity index (χ1n) is 14.6. The number of aromatic nitrogens is 1. The number of hydrogen-bond acceptors (Lipinski definition) is 11. The van der Waals surface area contributed by atoms with Gasteiger partial charge in [-0.15, -0.1) is 11.3 Å². The molecule has 43 heavy (non-hydrogen) atoms. The number of nitrogens with one attached hydrogen (secondary N) is 1. The van der Waals surface area contributed by atoms with Crippen molar-refractivity contribution in [2.45, 2.75) is 74.8 Å². The summed E-state index contributed by atoms with van der Waals surface area (Å²) in [5.41, 5.74) is -0.0790. The van der Waals surface area contributed by atoms with Gasteiger partial charge in [-0.2, -0.15) is 0 Å². The van der Waals surface area contributed by atoms with Crippen LogP contribution in [0.15, 0.2) is 40.5 Å². The molecule has 5 rings (SSSR count). The molecule has 234 valence electrons. The second kappa shape index (κ2) is 13.3. The summed E-state index contributed by atoms with van der Waals surface area (Å²) in [5.74, 6) is -0.514. The molecular formula is C29H39N5O7S2. The largest absolute Gasteiger partial charge is 0.444 e. The molecule has 3 heterocycles. The van der Waals surface area contributed by atoms with Crippen molar-refractivity contribution in [3.63, 3.8) is 0 Å². The summed E-state index contributed by atoms with van der Waals surface area (Å²) in [6.07, 6.45) is 4.02. The molecule has 2 saturated heterocycles. The van der Waals surface area contributed by atoms with Gasteiger partial charge in [0.2, 0.25) is 0 Å². The number of carbonyl (C=O) groups is 2. The van der Waals surface area contributed by atoms with Crippen molar-refractivity contribution in [1.29, 1.82) is 0 Å². The van der Waals surface area contributed by atoms with Crippen LogP contribution in [0.2, 0.25) is 0 Å². The van der Waals surface area contributed by atoms with E-state index >= 15 is 0 Å². The van der Waals surface area contributed by atoms with Crippen LogP contribution in [-0.4, -0.2) is 97.3 Å². The third kappa shape index (κ3) is 8.52. The molecular weight excluding hydrogens is 594 g/mol. The Balaban J connectivity index is 1.22. The molecule has 1 saturated carbocycles. The summed E-state index contributed by atoms with van der Waals surface area (Å²) >= 11 is 1.36. The Hall–Kier alpha value is -3.07. The first-order valence-corrected chi connectivity index (χ1v) is 17.0. The van der Waals surface area contributed by atoms with Crippen LogP contribution in [0.4, 0.5) is 9.93 Å². The third-order valence-corrected chi connectivity index (χ3v) is 10.4. The Kier molecular flexibility index (Phi) is 9.69. The van der Waals surface area contributed by atoms with Crippen molar-refractivity contribution in [1.82, 2.24) is 14.8 Å². The Morgan fingerprint density at radius 2 is 1.88 bits per heavy atom. The van der Waals surface area contributed by atoms with Crippen LogP contribution < -0.4 is 5.32 Å². The quantitative estimate of drug-likeness (QED) is 0.324. The molecule has 3 aliphatic rings. The summed E-state index contributed by atoms with van der Waals surface area (Å²) in [5, 5.41) is 7.08.